The van der Waals surface area contributed by atoms with Crippen LogP contribution in [0.25, 0.3) is 0 Å². The number of aromatic nitrogens is 2. The Balaban J connectivity index is 0.00000261. The van der Waals surface area contributed by atoms with Gasteiger partial charge in [0.05, 0.1) is 19.7 Å². The summed E-state index contributed by atoms with van der Waals surface area (Å²) in [5.74, 6) is 1.64. The highest BCUT2D eigenvalue weighted by molar-refractivity contribution is 14.0. The number of hydrogen-bond acceptors (Lipinski definition) is 3. The van der Waals surface area contributed by atoms with E-state index in [1.165, 1.54) is 24.0 Å². The second-order valence-electron chi connectivity index (χ2n) is 6.61. The van der Waals surface area contributed by atoms with E-state index >= 15 is 0 Å². The molecule has 27 heavy (non-hydrogen) atoms. The van der Waals surface area contributed by atoms with E-state index in [-0.39, 0.29) is 24.0 Å². The minimum Gasteiger partial charge on any atom is -0.379 e. The van der Waals surface area contributed by atoms with Crippen LogP contribution in [0.1, 0.15) is 30.9 Å². The van der Waals surface area contributed by atoms with Crippen molar-refractivity contribution in [3.8, 4) is 0 Å². The van der Waals surface area contributed by atoms with Crippen LogP contribution in [-0.4, -0.2) is 42.0 Å². The molecule has 0 bridgehead atoms. The van der Waals surface area contributed by atoms with E-state index in [4.69, 9.17) is 9.73 Å². The van der Waals surface area contributed by atoms with Crippen LogP contribution in [0.15, 0.2) is 47.7 Å². The number of rotatable bonds is 10. The van der Waals surface area contributed by atoms with E-state index in [0.717, 1.165) is 44.7 Å². The molecule has 7 heteroatoms. The summed E-state index contributed by atoms with van der Waals surface area (Å²) in [6, 6.07) is 10.3. The highest BCUT2D eigenvalue weighted by atomic mass is 127. The molecule has 1 aromatic heterocycles. The van der Waals surface area contributed by atoms with Crippen molar-refractivity contribution in [2.24, 2.45) is 10.9 Å². The molecule has 0 saturated heterocycles. The van der Waals surface area contributed by atoms with Crippen LogP contribution in [0.3, 0.4) is 0 Å². The lowest BCUT2D eigenvalue weighted by Gasteiger charge is -2.13. The van der Waals surface area contributed by atoms with Gasteiger partial charge in [0, 0.05) is 32.1 Å². The molecule has 2 aromatic rings. The van der Waals surface area contributed by atoms with E-state index in [1.807, 2.05) is 16.9 Å². The standard InChI is InChI=1S/C20H29N5O.HI/c1-2-21-20(22-11-13-26-16-17-8-9-17)23-14-18-6-3-4-7-19(18)15-25-12-5-10-24-25;/h3-7,10,12,17H,2,8-9,11,13-16H2,1H3,(H2,21,22,23);1H. The Morgan fingerprint density at radius 1 is 1.22 bits per heavy atom. The van der Waals surface area contributed by atoms with Crippen molar-refractivity contribution < 1.29 is 4.74 Å². The molecule has 1 saturated carbocycles. The van der Waals surface area contributed by atoms with E-state index in [0.29, 0.717) is 6.54 Å². The van der Waals surface area contributed by atoms with Crippen LogP contribution in [0.4, 0.5) is 0 Å². The van der Waals surface area contributed by atoms with Crippen molar-refractivity contribution >= 4 is 29.9 Å². The zero-order chi connectivity index (χ0) is 18.0. The second-order valence-corrected chi connectivity index (χ2v) is 6.61. The fourth-order valence-electron chi connectivity index (χ4n) is 2.72. The second kappa shape index (κ2) is 12.0. The lowest BCUT2D eigenvalue weighted by atomic mass is 10.1. The molecule has 3 rings (SSSR count). The number of ether oxygens (including phenoxy) is 1. The molecular weight excluding hydrogens is 453 g/mol. The Labute approximate surface area is 178 Å². The smallest absolute Gasteiger partial charge is 0.191 e. The van der Waals surface area contributed by atoms with Gasteiger partial charge < -0.3 is 15.4 Å². The monoisotopic (exact) mass is 483 g/mol. The lowest BCUT2D eigenvalue weighted by molar-refractivity contribution is 0.129. The van der Waals surface area contributed by atoms with E-state index in [9.17, 15) is 0 Å². The maximum atomic E-state index is 5.67. The molecule has 1 fully saturated rings. The van der Waals surface area contributed by atoms with Crippen molar-refractivity contribution in [2.45, 2.75) is 32.9 Å². The average molecular weight is 483 g/mol. The number of guanidine groups is 1. The Morgan fingerprint density at radius 3 is 2.74 bits per heavy atom. The van der Waals surface area contributed by atoms with Crippen LogP contribution in [0.5, 0.6) is 0 Å². The van der Waals surface area contributed by atoms with Gasteiger partial charge in [0.1, 0.15) is 0 Å². The van der Waals surface area contributed by atoms with Crippen molar-refractivity contribution in [3.63, 3.8) is 0 Å². The molecular formula is C20H30IN5O. The zero-order valence-corrected chi connectivity index (χ0v) is 18.3. The molecule has 6 nitrogen and oxygen atoms in total. The van der Waals surface area contributed by atoms with Gasteiger partial charge in [-0.05, 0) is 42.9 Å². The van der Waals surface area contributed by atoms with Crippen LogP contribution < -0.4 is 10.6 Å². The first-order chi connectivity index (χ1) is 12.8. The third kappa shape index (κ3) is 7.88. The summed E-state index contributed by atoms with van der Waals surface area (Å²) in [6.07, 6.45) is 6.44. The number of aliphatic imine (C=N–C) groups is 1. The summed E-state index contributed by atoms with van der Waals surface area (Å²) in [5, 5.41) is 10.9. The van der Waals surface area contributed by atoms with Gasteiger partial charge >= 0.3 is 0 Å². The Morgan fingerprint density at radius 2 is 2.04 bits per heavy atom. The third-order valence-electron chi connectivity index (χ3n) is 4.35. The summed E-state index contributed by atoms with van der Waals surface area (Å²) < 4.78 is 7.61. The van der Waals surface area contributed by atoms with E-state index in [1.54, 1.807) is 6.20 Å². The van der Waals surface area contributed by atoms with Gasteiger partial charge in [0.2, 0.25) is 0 Å². The average Bonchev–Trinajstić information content (AvgIpc) is 3.34. The first-order valence-corrected chi connectivity index (χ1v) is 9.49. The number of nitrogens with one attached hydrogen (secondary N) is 2. The van der Waals surface area contributed by atoms with Crippen molar-refractivity contribution in [1.29, 1.82) is 0 Å². The molecule has 0 atom stereocenters. The highest BCUT2D eigenvalue weighted by Gasteiger charge is 2.20. The molecule has 1 aliphatic rings. The maximum absolute atomic E-state index is 5.67. The van der Waals surface area contributed by atoms with Gasteiger partial charge in [-0.25, -0.2) is 4.99 Å². The minimum absolute atomic E-state index is 0. The quantitative estimate of drug-likeness (QED) is 0.236. The van der Waals surface area contributed by atoms with Gasteiger partial charge in [-0.2, -0.15) is 5.10 Å². The van der Waals surface area contributed by atoms with E-state index < -0.39 is 0 Å². The summed E-state index contributed by atoms with van der Waals surface area (Å²) in [4.78, 5) is 4.73. The number of halogens is 1. The molecule has 1 aliphatic carbocycles. The van der Waals surface area contributed by atoms with Crippen LogP contribution in [-0.2, 0) is 17.8 Å². The Bertz CT molecular complexity index is 685. The molecule has 0 amide bonds. The first-order valence-electron chi connectivity index (χ1n) is 9.49. The number of hydrogen-bond donors (Lipinski definition) is 2. The molecule has 0 unspecified atom stereocenters. The molecule has 148 valence electrons. The highest BCUT2D eigenvalue weighted by Crippen LogP contribution is 2.28. The summed E-state index contributed by atoms with van der Waals surface area (Å²) >= 11 is 0. The van der Waals surface area contributed by atoms with Gasteiger partial charge in [-0.3, -0.25) is 4.68 Å². The van der Waals surface area contributed by atoms with Crippen LogP contribution in [0.2, 0.25) is 0 Å². The van der Waals surface area contributed by atoms with Crippen molar-refractivity contribution in [1.82, 2.24) is 20.4 Å². The van der Waals surface area contributed by atoms with Crippen LogP contribution in [0, 0.1) is 5.92 Å². The predicted molar refractivity (Wildman–Crippen MR) is 120 cm³/mol. The molecule has 0 spiro atoms. The Hall–Kier alpha value is -1.61. The Kier molecular flexibility index (Phi) is 9.61. The van der Waals surface area contributed by atoms with Gasteiger partial charge in [0.15, 0.2) is 5.96 Å². The lowest BCUT2D eigenvalue weighted by Crippen LogP contribution is -2.39. The number of nitrogens with zero attached hydrogens (tertiary/aromatic N) is 3. The molecule has 1 aromatic carbocycles. The maximum Gasteiger partial charge on any atom is 0.191 e. The summed E-state index contributed by atoms with van der Waals surface area (Å²) in [5.41, 5.74) is 2.45. The topological polar surface area (TPSA) is 63.5 Å². The summed E-state index contributed by atoms with van der Waals surface area (Å²) in [7, 11) is 0. The fraction of sp³-hybridized carbons (Fsp3) is 0.500. The normalized spacial score (nSPS) is 13.9. The van der Waals surface area contributed by atoms with Crippen molar-refractivity contribution in [2.75, 3.05) is 26.3 Å². The molecule has 2 N–H and O–H groups in total. The minimum atomic E-state index is 0. The molecule has 0 radical (unpaired) electrons. The van der Waals surface area contributed by atoms with Crippen molar-refractivity contribution in [3.05, 3.63) is 53.9 Å². The van der Waals surface area contributed by atoms with Gasteiger partial charge in [-0.15, -0.1) is 24.0 Å². The summed E-state index contributed by atoms with van der Waals surface area (Å²) in [6.45, 7) is 6.70. The molecule has 1 heterocycles. The van der Waals surface area contributed by atoms with Crippen LogP contribution >= 0.6 is 24.0 Å². The predicted octanol–water partition coefficient (Wildman–Crippen LogP) is 3.03. The number of benzene rings is 1. The largest absolute Gasteiger partial charge is 0.379 e. The van der Waals surface area contributed by atoms with Gasteiger partial charge in [0.25, 0.3) is 0 Å². The molecule has 0 aliphatic heterocycles. The van der Waals surface area contributed by atoms with E-state index in [2.05, 4.69) is 46.9 Å². The SMILES string of the molecule is CCNC(=NCc1ccccc1Cn1cccn1)NCCOCC1CC1.I. The first kappa shape index (κ1) is 21.7. The third-order valence-corrected chi connectivity index (χ3v) is 4.35. The zero-order valence-electron chi connectivity index (χ0n) is 15.9. The van der Waals surface area contributed by atoms with Gasteiger partial charge in [-0.1, -0.05) is 24.3 Å². The fourth-order valence-corrected chi connectivity index (χ4v) is 2.72.